The van der Waals surface area contributed by atoms with Crippen LogP contribution in [0.2, 0.25) is 0 Å². The van der Waals surface area contributed by atoms with Gasteiger partial charge in [-0.25, -0.2) is 0 Å². The summed E-state index contributed by atoms with van der Waals surface area (Å²) in [5.41, 5.74) is 1.02. The Balaban J connectivity index is 2.25. The number of hydrogen-bond acceptors (Lipinski definition) is 3. The summed E-state index contributed by atoms with van der Waals surface area (Å²) >= 11 is 0. The van der Waals surface area contributed by atoms with Gasteiger partial charge in [-0.3, -0.25) is 10.3 Å². The second-order valence-corrected chi connectivity index (χ2v) is 2.61. The molecule has 1 aliphatic heterocycles. The lowest BCUT2D eigenvalue weighted by Crippen LogP contribution is -2.19. The smallest absolute Gasteiger partial charge is 0.149 e. The van der Waals surface area contributed by atoms with Crippen LogP contribution in [0.1, 0.15) is 12.7 Å². The molecule has 58 valence electrons. The molecule has 1 aromatic heterocycles. The molecule has 1 atom stereocenters. The zero-order chi connectivity index (χ0) is 7.68. The zero-order valence-corrected chi connectivity index (χ0v) is 6.37. The van der Waals surface area contributed by atoms with Crippen molar-refractivity contribution in [2.24, 2.45) is 4.99 Å². The molecular formula is C8H10N2O. The van der Waals surface area contributed by atoms with Crippen LogP contribution in [0.4, 0.5) is 0 Å². The minimum absolute atomic E-state index is 0.232. The summed E-state index contributed by atoms with van der Waals surface area (Å²) in [6, 6.07) is 3.80. The van der Waals surface area contributed by atoms with E-state index in [-0.39, 0.29) is 6.17 Å². The molecule has 1 N–H and O–H groups in total. The third kappa shape index (κ3) is 1.19. The standard InChI is InChI=1S/C8H10N2O/c1-6-9-5-7(10-6)8-3-2-4-11-8/h2-4,6,9H,5H2,1H3. The highest BCUT2D eigenvalue weighted by atomic mass is 16.3. The van der Waals surface area contributed by atoms with Gasteiger partial charge in [0.05, 0.1) is 18.1 Å². The van der Waals surface area contributed by atoms with E-state index in [1.165, 1.54) is 0 Å². The van der Waals surface area contributed by atoms with Gasteiger partial charge in [0.1, 0.15) is 5.76 Å². The summed E-state index contributed by atoms with van der Waals surface area (Å²) in [7, 11) is 0. The van der Waals surface area contributed by atoms with Crippen molar-refractivity contribution in [1.82, 2.24) is 5.32 Å². The van der Waals surface area contributed by atoms with E-state index in [1.807, 2.05) is 19.1 Å². The number of hydrogen-bond donors (Lipinski definition) is 1. The Morgan fingerprint density at radius 3 is 3.18 bits per heavy atom. The fourth-order valence-electron chi connectivity index (χ4n) is 1.16. The first-order valence-electron chi connectivity index (χ1n) is 3.70. The molecule has 0 bridgehead atoms. The van der Waals surface area contributed by atoms with Gasteiger partial charge in [0, 0.05) is 6.54 Å². The predicted molar refractivity (Wildman–Crippen MR) is 42.7 cm³/mol. The first-order chi connectivity index (χ1) is 5.36. The maximum absolute atomic E-state index is 5.19. The summed E-state index contributed by atoms with van der Waals surface area (Å²) in [5, 5.41) is 3.19. The van der Waals surface area contributed by atoms with Crippen molar-refractivity contribution >= 4 is 5.71 Å². The van der Waals surface area contributed by atoms with Gasteiger partial charge in [-0.2, -0.15) is 0 Å². The van der Waals surface area contributed by atoms with Crippen LogP contribution >= 0.6 is 0 Å². The average Bonchev–Trinajstić information content (AvgIpc) is 2.55. The molecule has 1 unspecified atom stereocenters. The van der Waals surface area contributed by atoms with Gasteiger partial charge in [-0.15, -0.1) is 0 Å². The fourth-order valence-corrected chi connectivity index (χ4v) is 1.16. The highest BCUT2D eigenvalue weighted by molar-refractivity contribution is 6.00. The molecule has 3 nitrogen and oxygen atoms in total. The first-order valence-corrected chi connectivity index (χ1v) is 3.70. The molecule has 11 heavy (non-hydrogen) atoms. The molecule has 0 saturated heterocycles. The van der Waals surface area contributed by atoms with E-state index in [2.05, 4.69) is 10.3 Å². The quantitative estimate of drug-likeness (QED) is 0.649. The summed E-state index contributed by atoms with van der Waals surface area (Å²) in [6.45, 7) is 2.84. The van der Waals surface area contributed by atoms with Crippen LogP contribution in [0.5, 0.6) is 0 Å². The summed E-state index contributed by atoms with van der Waals surface area (Å²) < 4.78 is 5.19. The molecule has 0 amide bonds. The average molecular weight is 150 g/mol. The van der Waals surface area contributed by atoms with Gasteiger partial charge in [-0.05, 0) is 19.1 Å². The predicted octanol–water partition coefficient (Wildman–Crippen LogP) is 1.02. The van der Waals surface area contributed by atoms with Crippen molar-refractivity contribution < 1.29 is 4.42 Å². The maximum Gasteiger partial charge on any atom is 0.149 e. The SMILES string of the molecule is CC1N=C(c2ccco2)CN1. The molecule has 0 radical (unpaired) electrons. The zero-order valence-electron chi connectivity index (χ0n) is 6.37. The van der Waals surface area contributed by atoms with Crippen LogP contribution in [0.3, 0.4) is 0 Å². The fraction of sp³-hybridized carbons (Fsp3) is 0.375. The van der Waals surface area contributed by atoms with E-state index in [0.717, 1.165) is 18.0 Å². The maximum atomic E-state index is 5.19. The topological polar surface area (TPSA) is 37.5 Å². The molecule has 0 spiro atoms. The second-order valence-electron chi connectivity index (χ2n) is 2.61. The highest BCUT2D eigenvalue weighted by Gasteiger charge is 2.14. The van der Waals surface area contributed by atoms with Crippen LogP contribution in [0, 0.1) is 0 Å². The first kappa shape index (κ1) is 6.61. The minimum Gasteiger partial charge on any atom is -0.463 e. The summed E-state index contributed by atoms with van der Waals surface area (Å²) in [6.07, 6.45) is 1.90. The molecule has 2 rings (SSSR count). The van der Waals surface area contributed by atoms with E-state index < -0.39 is 0 Å². The normalized spacial score (nSPS) is 23.7. The van der Waals surface area contributed by atoms with Crippen molar-refractivity contribution in [2.75, 3.05) is 6.54 Å². The Morgan fingerprint density at radius 1 is 1.73 bits per heavy atom. The molecule has 1 aliphatic rings. The summed E-state index contributed by atoms with van der Waals surface area (Å²) in [5.74, 6) is 0.877. The Hall–Kier alpha value is -1.09. The van der Waals surface area contributed by atoms with Crippen LogP contribution in [0.15, 0.2) is 27.8 Å². The lowest BCUT2D eigenvalue weighted by Gasteiger charge is -1.92. The highest BCUT2D eigenvalue weighted by Crippen LogP contribution is 2.06. The van der Waals surface area contributed by atoms with E-state index in [1.54, 1.807) is 6.26 Å². The number of nitrogens with one attached hydrogen (secondary N) is 1. The molecule has 0 fully saturated rings. The van der Waals surface area contributed by atoms with Gasteiger partial charge < -0.3 is 4.42 Å². The van der Waals surface area contributed by atoms with Gasteiger partial charge in [0.15, 0.2) is 0 Å². The van der Waals surface area contributed by atoms with Crippen LogP contribution in [-0.4, -0.2) is 18.4 Å². The van der Waals surface area contributed by atoms with E-state index >= 15 is 0 Å². The largest absolute Gasteiger partial charge is 0.463 e. The Bertz CT molecular complexity index is 264. The van der Waals surface area contributed by atoms with Crippen molar-refractivity contribution in [2.45, 2.75) is 13.1 Å². The van der Waals surface area contributed by atoms with Crippen LogP contribution < -0.4 is 5.32 Å². The number of aliphatic imine (C=N–C) groups is 1. The van der Waals surface area contributed by atoms with Crippen molar-refractivity contribution in [3.8, 4) is 0 Å². The van der Waals surface area contributed by atoms with Crippen molar-refractivity contribution in [1.29, 1.82) is 0 Å². The number of nitrogens with zero attached hydrogens (tertiary/aromatic N) is 1. The van der Waals surface area contributed by atoms with E-state index in [4.69, 9.17) is 4.42 Å². The van der Waals surface area contributed by atoms with Gasteiger partial charge in [0.2, 0.25) is 0 Å². The van der Waals surface area contributed by atoms with Gasteiger partial charge in [0.25, 0.3) is 0 Å². The number of furan rings is 1. The molecule has 2 heterocycles. The Morgan fingerprint density at radius 2 is 2.64 bits per heavy atom. The molecular weight excluding hydrogens is 140 g/mol. The third-order valence-corrected chi connectivity index (χ3v) is 1.72. The van der Waals surface area contributed by atoms with Crippen molar-refractivity contribution in [3.05, 3.63) is 24.2 Å². The van der Waals surface area contributed by atoms with Gasteiger partial charge in [-0.1, -0.05) is 0 Å². The Kier molecular flexibility index (Phi) is 1.51. The van der Waals surface area contributed by atoms with Crippen LogP contribution in [-0.2, 0) is 0 Å². The Labute approximate surface area is 65.1 Å². The lowest BCUT2D eigenvalue weighted by molar-refractivity contribution is 0.557. The third-order valence-electron chi connectivity index (χ3n) is 1.72. The number of rotatable bonds is 1. The van der Waals surface area contributed by atoms with E-state index in [0.29, 0.717) is 0 Å². The molecule has 1 aromatic rings. The van der Waals surface area contributed by atoms with Crippen LogP contribution in [0.25, 0.3) is 0 Å². The minimum atomic E-state index is 0.232. The van der Waals surface area contributed by atoms with Gasteiger partial charge >= 0.3 is 0 Å². The molecule has 3 heteroatoms. The molecule has 0 saturated carbocycles. The monoisotopic (exact) mass is 150 g/mol. The summed E-state index contributed by atoms with van der Waals surface area (Å²) in [4.78, 5) is 4.34. The second kappa shape index (κ2) is 2.51. The molecule has 0 aliphatic carbocycles. The lowest BCUT2D eigenvalue weighted by atomic mass is 10.3. The van der Waals surface area contributed by atoms with E-state index in [9.17, 15) is 0 Å². The van der Waals surface area contributed by atoms with Crippen molar-refractivity contribution in [3.63, 3.8) is 0 Å². The molecule has 0 aromatic carbocycles.